The highest BCUT2D eigenvalue weighted by Gasteiger charge is 2.40. The maximum atomic E-state index is 12.1. The number of hydrogen-bond donors (Lipinski definition) is 1. The molecular formula is C13H20N4O2. The summed E-state index contributed by atoms with van der Waals surface area (Å²) in [6, 6.07) is 1.46. The fourth-order valence-electron chi connectivity index (χ4n) is 2.41. The van der Waals surface area contributed by atoms with Crippen LogP contribution in [-0.4, -0.2) is 44.6 Å². The van der Waals surface area contributed by atoms with E-state index >= 15 is 0 Å². The van der Waals surface area contributed by atoms with Crippen molar-refractivity contribution in [2.45, 2.75) is 51.9 Å². The van der Waals surface area contributed by atoms with Crippen molar-refractivity contribution in [2.75, 3.05) is 0 Å². The zero-order valence-corrected chi connectivity index (χ0v) is 11.5. The van der Waals surface area contributed by atoms with E-state index in [0.717, 1.165) is 0 Å². The van der Waals surface area contributed by atoms with E-state index in [2.05, 4.69) is 10.4 Å². The molecule has 1 saturated heterocycles. The van der Waals surface area contributed by atoms with Crippen molar-refractivity contribution in [3.63, 3.8) is 0 Å². The van der Waals surface area contributed by atoms with E-state index in [-0.39, 0.29) is 30.3 Å². The summed E-state index contributed by atoms with van der Waals surface area (Å²) in [5.74, 6) is -0.212. The Balaban J connectivity index is 1.93. The number of nitrogens with zero attached hydrogens (tertiary/aromatic N) is 3. The van der Waals surface area contributed by atoms with Gasteiger partial charge in [-0.3, -0.25) is 19.2 Å². The lowest BCUT2D eigenvalue weighted by Crippen LogP contribution is -2.45. The number of amides is 2. The van der Waals surface area contributed by atoms with Gasteiger partial charge in [-0.2, -0.15) is 5.10 Å². The third-order valence-corrected chi connectivity index (χ3v) is 3.21. The van der Waals surface area contributed by atoms with E-state index in [0.29, 0.717) is 6.54 Å². The second-order valence-electron chi connectivity index (χ2n) is 5.25. The van der Waals surface area contributed by atoms with Gasteiger partial charge in [-0.05, 0) is 26.8 Å². The van der Waals surface area contributed by atoms with Crippen LogP contribution in [0.3, 0.4) is 0 Å². The van der Waals surface area contributed by atoms with Crippen LogP contribution < -0.4 is 5.32 Å². The molecule has 2 rings (SSSR count). The smallest absolute Gasteiger partial charge is 0.247 e. The molecule has 2 heterocycles. The molecule has 2 amide bonds. The summed E-state index contributed by atoms with van der Waals surface area (Å²) >= 11 is 0. The zero-order valence-electron chi connectivity index (χ0n) is 11.5. The highest BCUT2D eigenvalue weighted by Crippen LogP contribution is 2.16. The number of rotatable bonds is 5. The van der Waals surface area contributed by atoms with Gasteiger partial charge in [0.1, 0.15) is 0 Å². The Morgan fingerprint density at radius 2 is 2.16 bits per heavy atom. The maximum Gasteiger partial charge on any atom is 0.247 e. The molecule has 2 atom stereocenters. The van der Waals surface area contributed by atoms with Crippen molar-refractivity contribution in [1.82, 2.24) is 20.0 Å². The summed E-state index contributed by atoms with van der Waals surface area (Å²) in [5, 5.41) is 7.33. The summed E-state index contributed by atoms with van der Waals surface area (Å²) in [6.07, 6.45) is 3.85. The number of hydrogen-bond acceptors (Lipinski definition) is 4. The molecule has 0 saturated carbocycles. The number of carbonyl (C=O) groups is 2. The van der Waals surface area contributed by atoms with Crippen LogP contribution in [0.4, 0.5) is 0 Å². The standard InChI is InChI=1S/C13H20N4O2/c1-9(2)17-12(18)7-11(13(17)19)15-10(3)8-16-6-4-5-14-16/h4-6,9-11,15H,7-8H2,1-3H3. The van der Waals surface area contributed by atoms with Crippen molar-refractivity contribution < 1.29 is 9.59 Å². The second kappa shape index (κ2) is 5.52. The van der Waals surface area contributed by atoms with Gasteiger partial charge in [-0.15, -0.1) is 0 Å². The van der Waals surface area contributed by atoms with Gasteiger partial charge in [0.2, 0.25) is 11.8 Å². The topological polar surface area (TPSA) is 67.2 Å². The minimum atomic E-state index is -0.402. The van der Waals surface area contributed by atoms with Crippen molar-refractivity contribution in [3.05, 3.63) is 18.5 Å². The quantitative estimate of drug-likeness (QED) is 0.782. The third kappa shape index (κ3) is 3.01. The minimum absolute atomic E-state index is 0.0757. The summed E-state index contributed by atoms with van der Waals surface area (Å²) < 4.78 is 1.80. The molecule has 6 nitrogen and oxygen atoms in total. The van der Waals surface area contributed by atoms with Crippen LogP contribution in [-0.2, 0) is 16.1 Å². The third-order valence-electron chi connectivity index (χ3n) is 3.21. The normalized spacial score (nSPS) is 21.5. The summed E-state index contributed by atoms with van der Waals surface area (Å²) in [5.41, 5.74) is 0. The molecule has 2 unspecified atom stereocenters. The fraction of sp³-hybridized carbons (Fsp3) is 0.615. The van der Waals surface area contributed by atoms with E-state index < -0.39 is 6.04 Å². The molecule has 1 aliphatic rings. The number of carbonyl (C=O) groups excluding carboxylic acids is 2. The first-order chi connectivity index (χ1) is 8.99. The van der Waals surface area contributed by atoms with Crippen LogP contribution in [0.15, 0.2) is 18.5 Å². The van der Waals surface area contributed by atoms with Crippen LogP contribution in [0.25, 0.3) is 0 Å². The van der Waals surface area contributed by atoms with Crippen molar-refractivity contribution in [3.8, 4) is 0 Å². The van der Waals surface area contributed by atoms with Crippen LogP contribution >= 0.6 is 0 Å². The Morgan fingerprint density at radius 1 is 1.42 bits per heavy atom. The van der Waals surface area contributed by atoms with Crippen LogP contribution in [0.2, 0.25) is 0 Å². The minimum Gasteiger partial charge on any atom is -0.301 e. The largest absolute Gasteiger partial charge is 0.301 e. The average Bonchev–Trinajstić information content (AvgIpc) is 2.88. The highest BCUT2D eigenvalue weighted by molar-refractivity contribution is 6.05. The molecule has 19 heavy (non-hydrogen) atoms. The molecule has 0 aromatic carbocycles. The Morgan fingerprint density at radius 3 is 2.68 bits per heavy atom. The van der Waals surface area contributed by atoms with Gasteiger partial charge in [0.25, 0.3) is 0 Å². The molecular weight excluding hydrogens is 244 g/mol. The first kappa shape index (κ1) is 13.7. The van der Waals surface area contributed by atoms with E-state index in [4.69, 9.17) is 0 Å². The molecule has 6 heteroatoms. The Bertz CT molecular complexity index is 455. The molecule has 0 spiro atoms. The molecule has 1 aromatic heterocycles. The SMILES string of the molecule is CC(Cn1cccn1)NC1CC(=O)N(C(C)C)C1=O. The van der Waals surface area contributed by atoms with Crippen molar-refractivity contribution in [1.29, 1.82) is 0 Å². The van der Waals surface area contributed by atoms with E-state index in [1.165, 1.54) is 4.90 Å². The summed E-state index contributed by atoms with van der Waals surface area (Å²) in [4.78, 5) is 25.2. The lowest BCUT2D eigenvalue weighted by Gasteiger charge is -2.21. The molecule has 1 fully saturated rings. The van der Waals surface area contributed by atoms with Gasteiger partial charge in [0, 0.05) is 24.5 Å². The Kier molecular flexibility index (Phi) is 3.99. The van der Waals surface area contributed by atoms with Gasteiger partial charge in [-0.25, -0.2) is 0 Å². The molecule has 0 bridgehead atoms. The van der Waals surface area contributed by atoms with E-state index in [1.807, 2.05) is 33.0 Å². The van der Waals surface area contributed by atoms with E-state index in [1.54, 1.807) is 10.9 Å². The molecule has 1 aromatic rings. The number of imide groups is 1. The fourth-order valence-corrected chi connectivity index (χ4v) is 2.41. The number of nitrogens with one attached hydrogen (secondary N) is 1. The maximum absolute atomic E-state index is 12.1. The first-order valence-electron chi connectivity index (χ1n) is 6.58. The Hall–Kier alpha value is -1.69. The molecule has 0 radical (unpaired) electrons. The van der Waals surface area contributed by atoms with Crippen LogP contribution in [0.5, 0.6) is 0 Å². The predicted octanol–water partition coefficient (Wildman–Crippen LogP) is 0.397. The second-order valence-corrected chi connectivity index (χ2v) is 5.25. The highest BCUT2D eigenvalue weighted by atomic mass is 16.2. The lowest BCUT2D eigenvalue weighted by molar-refractivity contribution is -0.140. The van der Waals surface area contributed by atoms with Crippen molar-refractivity contribution >= 4 is 11.8 Å². The number of likely N-dealkylation sites (tertiary alicyclic amines) is 1. The first-order valence-corrected chi connectivity index (χ1v) is 6.58. The molecule has 1 aliphatic heterocycles. The monoisotopic (exact) mass is 264 g/mol. The van der Waals surface area contributed by atoms with Gasteiger partial charge in [0.15, 0.2) is 0 Å². The molecule has 1 N–H and O–H groups in total. The molecule has 104 valence electrons. The van der Waals surface area contributed by atoms with Crippen molar-refractivity contribution in [2.24, 2.45) is 0 Å². The van der Waals surface area contributed by atoms with Gasteiger partial charge in [0.05, 0.1) is 19.0 Å². The predicted molar refractivity (Wildman–Crippen MR) is 70.2 cm³/mol. The average molecular weight is 264 g/mol. The lowest BCUT2D eigenvalue weighted by atomic mass is 10.2. The summed E-state index contributed by atoms with van der Waals surface area (Å²) in [7, 11) is 0. The van der Waals surface area contributed by atoms with Gasteiger partial charge < -0.3 is 5.32 Å². The van der Waals surface area contributed by atoms with E-state index in [9.17, 15) is 9.59 Å². The van der Waals surface area contributed by atoms with Crippen LogP contribution in [0.1, 0.15) is 27.2 Å². The summed E-state index contributed by atoms with van der Waals surface area (Å²) in [6.45, 7) is 6.36. The van der Waals surface area contributed by atoms with Gasteiger partial charge >= 0.3 is 0 Å². The Labute approximate surface area is 112 Å². The number of aromatic nitrogens is 2. The van der Waals surface area contributed by atoms with Crippen LogP contribution in [0, 0.1) is 0 Å². The molecule has 0 aliphatic carbocycles. The zero-order chi connectivity index (χ0) is 14.0. The van der Waals surface area contributed by atoms with Gasteiger partial charge in [-0.1, -0.05) is 0 Å².